The number of aromatic nitrogens is 1. The number of nitrogens with one attached hydrogen (secondary N) is 1. The minimum atomic E-state index is 0.781. The molecule has 0 spiro atoms. The smallest absolute Gasteiger partial charge is 0.145 e. The number of para-hydroxylation sites is 1. The number of ether oxygens (including phenoxy) is 1. The molecule has 0 amide bonds. The van der Waals surface area contributed by atoms with Crippen molar-refractivity contribution < 1.29 is 4.74 Å². The fraction of sp³-hybridized carbons (Fsp3) is 0.364. The maximum atomic E-state index is 6.08. The van der Waals surface area contributed by atoms with Crippen LogP contribution in [0.5, 0.6) is 5.75 Å². The van der Waals surface area contributed by atoms with E-state index < -0.39 is 0 Å². The second-order valence-electron chi connectivity index (χ2n) is 7.45. The van der Waals surface area contributed by atoms with Gasteiger partial charge in [-0.1, -0.05) is 29.8 Å². The van der Waals surface area contributed by atoms with Crippen LogP contribution < -0.4 is 9.64 Å². The van der Waals surface area contributed by atoms with Crippen molar-refractivity contribution in [1.82, 2.24) is 9.88 Å². The lowest BCUT2D eigenvalue weighted by molar-refractivity contribution is 0.260. The van der Waals surface area contributed by atoms with E-state index in [0.717, 1.165) is 68.5 Å². The molecule has 4 nitrogen and oxygen atoms in total. The van der Waals surface area contributed by atoms with Gasteiger partial charge in [-0.05, 0) is 35.7 Å². The molecule has 2 aliphatic rings. The number of nitrogens with zero attached hydrogens (tertiary/aromatic N) is 2. The van der Waals surface area contributed by atoms with Gasteiger partial charge in [0.15, 0.2) is 0 Å². The van der Waals surface area contributed by atoms with Gasteiger partial charge in [0.25, 0.3) is 0 Å². The summed E-state index contributed by atoms with van der Waals surface area (Å²) in [6, 6.07) is 12.7. The predicted molar refractivity (Wildman–Crippen MR) is 111 cm³/mol. The van der Waals surface area contributed by atoms with E-state index in [-0.39, 0.29) is 0 Å². The lowest BCUT2D eigenvalue weighted by atomic mass is 10.1. The summed E-state index contributed by atoms with van der Waals surface area (Å²) in [6.45, 7) is 6.22. The number of hydrogen-bond acceptors (Lipinski definition) is 3. The third kappa shape index (κ3) is 3.28. The Bertz CT molecular complexity index is 959. The van der Waals surface area contributed by atoms with Crippen LogP contribution in [0.4, 0.5) is 5.69 Å². The van der Waals surface area contributed by atoms with E-state index in [0.29, 0.717) is 0 Å². The van der Waals surface area contributed by atoms with E-state index in [1.807, 2.05) is 12.1 Å². The quantitative estimate of drug-likeness (QED) is 0.737. The molecule has 2 aromatic carbocycles. The van der Waals surface area contributed by atoms with Crippen molar-refractivity contribution in [2.45, 2.75) is 12.8 Å². The Kier molecular flexibility index (Phi) is 4.46. The van der Waals surface area contributed by atoms with E-state index >= 15 is 0 Å². The second kappa shape index (κ2) is 7.10. The average molecular weight is 382 g/mol. The first kappa shape index (κ1) is 17.0. The van der Waals surface area contributed by atoms with Crippen LogP contribution in [-0.2, 0) is 12.8 Å². The van der Waals surface area contributed by atoms with Gasteiger partial charge in [0.1, 0.15) is 5.75 Å². The SMILES string of the molecule is Clc1ccc2c(CCN3CCN(c4cccc5c4OCC5)CC3)c[nH]c2c1. The molecule has 0 saturated carbocycles. The monoisotopic (exact) mass is 381 g/mol. The Morgan fingerprint density at radius 3 is 2.85 bits per heavy atom. The highest BCUT2D eigenvalue weighted by Gasteiger charge is 2.23. The van der Waals surface area contributed by atoms with Gasteiger partial charge in [-0.15, -0.1) is 0 Å². The number of piperazine rings is 1. The molecule has 0 bridgehead atoms. The average Bonchev–Trinajstić information content (AvgIpc) is 3.33. The van der Waals surface area contributed by atoms with Crippen molar-refractivity contribution >= 4 is 28.2 Å². The van der Waals surface area contributed by atoms with Crippen LogP contribution in [0, 0.1) is 0 Å². The van der Waals surface area contributed by atoms with Crippen LogP contribution in [0.25, 0.3) is 10.9 Å². The fourth-order valence-corrected chi connectivity index (χ4v) is 4.48. The molecule has 0 radical (unpaired) electrons. The molecule has 1 aromatic heterocycles. The molecule has 27 heavy (non-hydrogen) atoms. The predicted octanol–water partition coefficient (Wildman–Crippen LogP) is 4.12. The van der Waals surface area contributed by atoms with E-state index in [2.05, 4.69) is 45.2 Å². The molecule has 0 unspecified atom stereocenters. The van der Waals surface area contributed by atoms with Gasteiger partial charge < -0.3 is 14.6 Å². The molecular weight excluding hydrogens is 358 g/mol. The number of hydrogen-bond donors (Lipinski definition) is 1. The number of anilines is 1. The Morgan fingerprint density at radius 1 is 1.07 bits per heavy atom. The van der Waals surface area contributed by atoms with Gasteiger partial charge in [0, 0.05) is 61.3 Å². The van der Waals surface area contributed by atoms with Crippen LogP contribution in [0.3, 0.4) is 0 Å². The standard InChI is InChI=1S/C22H24ClN3O/c23-18-4-5-19-17(15-24-20(19)14-18)6-8-25-9-11-26(12-10-25)21-3-1-2-16-7-13-27-22(16)21/h1-5,14-15,24H,6-13H2. The van der Waals surface area contributed by atoms with Crippen LogP contribution in [0.1, 0.15) is 11.1 Å². The van der Waals surface area contributed by atoms with Gasteiger partial charge in [0.2, 0.25) is 0 Å². The Hall–Kier alpha value is -2.17. The molecule has 1 fully saturated rings. The van der Waals surface area contributed by atoms with Gasteiger partial charge >= 0.3 is 0 Å². The maximum Gasteiger partial charge on any atom is 0.145 e. The third-order valence-corrected chi connectivity index (χ3v) is 6.07. The molecular formula is C22H24ClN3O. The fourth-order valence-electron chi connectivity index (χ4n) is 4.30. The normalized spacial score (nSPS) is 17.3. The molecule has 1 saturated heterocycles. The molecule has 140 valence electrons. The Balaban J connectivity index is 1.21. The molecule has 3 aromatic rings. The van der Waals surface area contributed by atoms with Crippen molar-refractivity contribution in [1.29, 1.82) is 0 Å². The first-order valence-electron chi connectivity index (χ1n) is 9.75. The third-order valence-electron chi connectivity index (χ3n) is 5.83. The van der Waals surface area contributed by atoms with E-state index in [1.165, 1.54) is 22.2 Å². The summed E-state index contributed by atoms with van der Waals surface area (Å²) < 4.78 is 5.89. The Labute approximate surface area is 164 Å². The van der Waals surface area contributed by atoms with Crippen LogP contribution in [-0.4, -0.2) is 49.2 Å². The molecule has 0 aliphatic carbocycles. The molecule has 0 atom stereocenters. The minimum Gasteiger partial charge on any atom is -0.491 e. The lowest BCUT2D eigenvalue weighted by Gasteiger charge is -2.36. The van der Waals surface area contributed by atoms with Crippen molar-refractivity contribution in [2.75, 3.05) is 44.2 Å². The van der Waals surface area contributed by atoms with E-state index in [4.69, 9.17) is 16.3 Å². The summed E-state index contributed by atoms with van der Waals surface area (Å²) in [4.78, 5) is 8.39. The molecule has 3 heterocycles. The van der Waals surface area contributed by atoms with Crippen LogP contribution in [0.2, 0.25) is 5.02 Å². The van der Waals surface area contributed by atoms with Gasteiger partial charge in [-0.25, -0.2) is 0 Å². The van der Waals surface area contributed by atoms with E-state index in [1.54, 1.807) is 0 Å². The number of aromatic amines is 1. The molecule has 5 rings (SSSR count). The number of H-pyrrole nitrogens is 1. The number of rotatable bonds is 4. The van der Waals surface area contributed by atoms with Crippen LogP contribution >= 0.6 is 11.6 Å². The largest absolute Gasteiger partial charge is 0.491 e. The zero-order chi connectivity index (χ0) is 18.2. The van der Waals surface area contributed by atoms with Crippen molar-refractivity contribution in [3.8, 4) is 5.75 Å². The zero-order valence-electron chi connectivity index (χ0n) is 15.4. The van der Waals surface area contributed by atoms with Crippen molar-refractivity contribution in [3.63, 3.8) is 0 Å². The molecule has 2 aliphatic heterocycles. The first-order valence-corrected chi connectivity index (χ1v) is 10.1. The topological polar surface area (TPSA) is 31.5 Å². The summed E-state index contributed by atoms with van der Waals surface area (Å²) in [5.41, 5.74) is 5.13. The highest BCUT2D eigenvalue weighted by molar-refractivity contribution is 6.31. The second-order valence-corrected chi connectivity index (χ2v) is 7.88. The van der Waals surface area contributed by atoms with Crippen molar-refractivity contribution in [2.24, 2.45) is 0 Å². The van der Waals surface area contributed by atoms with Crippen molar-refractivity contribution in [3.05, 3.63) is 58.7 Å². The summed E-state index contributed by atoms with van der Waals surface area (Å²) >= 11 is 6.08. The van der Waals surface area contributed by atoms with Gasteiger partial charge in [-0.3, -0.25) is 4.90 Å². The molecule has 5 heteroatoms. The summed E-state index contributed by atoms with van der Waals surface area (Å²) in [5.74, 6) is 1.11. The highest BCUT2D eigenvalue weighted by atomic mass is 35.5. The summed E-state index contributed by atoms with van der Waals surface area (Å²) in [6.07, 6.45) is 4.23. The highest BCUT2D eigenvalue weighted by Crippen LogP contribution is 2.36. The van der Waals surface area contributed by atoms with E-state index in [9.17, 15) is 0 Å². The summed E-state index contributed by atoms with van der Waals surface area (Å²) in [5, 5.41) is 2.07. The number of benzene rings is 2. The number of fused-ring (bicyclic) bond motifs is 2. The van der Waals surface area contributed by atoms with Gasteiger partial charge in [-0.2, -0.15) is 0 Å². The van der Waals surface area contributed by atoms with Gasteiger partial charge in [0.05, 0.1) is 12.3 Å². The van der Waals surface area contributed by atoms with Crippen LogP contribution in [0.15, 0.2) is 42.6 Å². The summed E-state index contributed by atoms with van der Waals surface area (Å²) in [7, 11) is 0. The Morgan fingerprint density at radius 2 is 1.96 bits per heavy atom. The number of halogens is 1. The minimum absolute atomic E-state index is 0.781. The maximum absolute atomic E-state index is 6.08. The molecule has 1 N–H and O–H groups in total. The lowest BCUT2D eigenvalue weighted by Crippen LogP contribution is -2.47. The zero-order valence-corrected chi connectivity index (χ0v) is 16.1. The first-order chi connectivity index (χ1) is 13.3.